The van der Waals surface area contributed by atoms with Gasteiger partial charge in [-0.05, 0) is 55.0 Å². The second-order valence-electron chi connectivity index (χ2n) is 7.55. The van der Waals surface area contributed by atoms with Gasteiger partial charge in [0.25, 0.3) is 0 Å². The van der Waals surface area contributed by atoms with Gasteiger partial charge < -0.3 is 30.3 Å². The van der Waals surface area contributed by atoms with E-state index < -0.39 is 5.97 Å². The summed E-state index contributed by atoms with van der Waals surface area (Å²) < 4.78 is 11.1. The number of para-hydroxylation sites is 1. The first kappa shape index (κ1) is 22.6. The number of furan rings is 1. The molecule has 8 heteroatoms. The van der Waals surface area contributed by atoms with Crippen LogP contribution in [0.15, 0.2) is 83.5 Å². The Morgan fingerprint density at radius 3 is 2.38 bits per heavy atom. The van der Waals surface area contributed by atoms with Crippen molar-refractivity contribution in [3.8, 4) is 11.5 Å². The number of carboxylic acids is 1. The van der Waals surface area contributed by atoms with Crippen molar-refractivity contribution in [1.29, 1.82) is 5.41 Å². The first-order valence-corrected chi connectivity index (χ1v) is 10.7. The summed E-state index contributed by atoms with van der Waals surface area (Å²) in [5.41, 5.74) is 1.30. The summed E-state index contributed by atoms with van der Waals surface area (Å²) in [5.74, 6) is 1.71. The zero-order valence-electron chi connectivity index (χ0n) is 18.5. The van der Waals surface area contributed by atoms with E-state index in [1.54, 1.807) is 19.3 Å². The lowest BCUT2D eigenvalue weighted by Gasteiger charge is -2.16. The van der Waals surface area contributed by atoms with Crippen LogP contribution in [0.5, 0.6) is 11.5 Å². The second-order valence-corrected chi connectivity index (χ2v) is 7.55. The number of ether oxygens (including phenoxy) is 1. The van der Waals surface area contributed by atoms with E-state index in [1.807, 2.05) is 60.7 Å². The minimum atomic E-state index is -1.13. The van der Waals surface area contributed by atoms with E-state index in [-0.39, 0.29) is 16.8 Å². The summed E-state index contributed by atoms with van der Waals surface area (Å²) in [6.45, 7) is 2.28. The number of carbonyl (C=O) groups is 1. The third-order valence-electron chi connectivity index (χ3n) is 5.01. The molecule has 0 atom stereocenters. The summed E-state index contributed by atoms with van der Waals surface area (Å²) in [5, 5.41) is 24.1. The number of rotatable bonds is 10. The Morgan fingerprint density at radius 2 is 1.74 bits per heavy atom. The van der Waals surface area contributed by atoms with Crippen LogP contribution in [0.3, 0.4) is 0 Å². The van der Waals surface area contributed by atoms with Crippen molar-refractivity contribution in [2.75, 3.05) is 10.6 Å². The van der Waals surface area contributed by atoms with E-state index in [1.165, 1.54) is 6.07 Å². The molecule has 0 spiro atoms. The molecule has 8 nitrogen and oxygen atoms in total. The van der Waals surface area contributed by atoms with Gasteiger partial charge in [-0.1, -0.05) is 30.3 Å². The Hall–Kier alpha value is -4.59. The topological polar surface area (TPSA) is 120 Å². The molecule has 0 fully saturated rings. The van der Waals surface area contributed by atoms with Crippen molar-refractivity contribution >= 4 is 23.3 Å². The second kappa shape index (κ2) is 10.4. The van der Waals surface area contributed by atoms with E-state index in [2.05, 4.69) is 15.6 Å². The fraction of sp³-hybridized carbons (Fsp3) is 0.115. The van der Waals surface area contributed by atoms with E-state index in [0.717, 1.165) is 11.3 Å². The van der Waals surface area contributed by atoms with Gasteiger partial charge in [-0.25, -0.2) is 9.78 Å². The average Bonchev–Trinajstić information content (AvgIpc) is 3.36. The molecular formula is C26H24N4O4. The number of anilines is 2. The molecule has 172 valence electrons. The third kappa shape index (κ3) is 5.60. The van der Waals surface area contributed by atoms with Crippen LogP contribution in [0, 0.1) is 5.41 Å². The lowest BCUT2D eigenvalue weighted by molar-refractivity contribution is 0.0696. The zero-order chi connectivity index (χ0) is 23.9. The number of hydrogen-bond donors (Lipinski definition) is 4. The molecule has 0 bridgehead atoms. The van der Waals surface area contributed by atoms with Gasteiger partial charge in [0.15, 0.2) is 0 Å². The Labute approximate surface area is 196 Å². The van der Waals surface area contributed by atoms with Crippen LogP contribution in [0.1, 0.15) is 34.2 Å². The van der Waals surface area contributed by atoms with Gasteiger partial charge in [-0.2, -0.15) is 0 Å². The Kier molecular flexibility index (Phi) is 6.88. The van der Waals surface area contributed by atoms with Crippen LogP contribution in [0.4, 0.5) is 11.6 Å². The largest absolute Gasteiger partial charge is 0.478 e. The molecule has 2 aromatic carbocycles. The standard InChI is InChI=1S/C26H24N4O4/c1-17(27)24-22(26(31)32)14-23(28-16-21-8-5-13-33-21)30-25(24)29-15-18-9-11-20(12-10-18)34-19-6-3-2-4-7-19/h2-14,27H,15-16H2,1H3,(H,31,32)(H2,28,29,30). The van der Waals surface area contributed by atoms with Crippen LogP contribution in [-0.2, 0) is 13.1 Å². The predicted octanol–water partition coefficient (Wildman–Crippen LogP) is 5.78. The van der Waals surface area contributed by atoms with Crippen LogP contribution in [0.2, 0.25) is 0 Å². The minimum absolute atomic E-state index is 0.00134. The van der Waals surface area contributed by atoms with E-state index >= 15 is 0 Å². The number of benzene rings is 2. The number of carboxylic acid groups (broad SMARTS) is 1. The molecule has 0 radical (unpaired) electrons. The van der Waals surface area contributed by atoms with Gasteiger partial charge in [0.05, 0.1) is 23.9 Å². The molecule has 0 saturated carbocycles. The summed E-state index contributed by atoms with van der Waals surface area (Å²) in [6, 6.07) is 22.1. The third-order valence-corrected chi connectivity index (χ3v) is 5.01. The van der Waals surface area contributed by atoms with Gasteiger partial charge in [-0.3, -0.25) is 0 Å². The fourth-order valence-corrected chi connectivity index (χ4v) is 3.39. The van der Waals surface area contributed by atoms with Crippen molar-refractivity contribution in [2.45, 2.75) is 20.0 Å². The fourth-order valence-electron chi connectivity index (χ4n) is 3.39. The van der Waals surface area contributed by atoms with Gasteiger partial charge in [-0.15, -0.1) is 0 Å². The molecule has 0 aliphatic heterocycles. The number of nitrogens with zero attached hydrogens (tertiary/aromatic N) is 1. The summed E-state index contributed by atoms with van der Waals surface area (Å²) in [6.07, 6.45) is 1.57. The van der Waals surface area contributed by atoms with Gasteiger partial charge >= 0.3 is 5.97 Å². The van der Waals surface area contributed by atoms with E-state index in [0.29, 0.717) is 36.2 Å². The number of hydrogen-bond acceptors (Lipinski definition) is 7. The highest BCUT2D eigenvalue weighted by Gasteiger charge is 2.19. The molecule has 34 heavy (non-hydrogen) atoms. The highest BCUT2D eigenvalue weighted by Crippen LogP contribution is 2.25. The molecule has 4 aromatic rings. The molecule has 0 unspecified atom stereocenters. The van der Waals surface area contributed by atoms with Crippen molar-refractivity contribution in [1.82, 2.24) is 4.98 Å². The minimum Gasteiger partial charge on any atom is -0.478 e. The molecule has 0 aliphatic carbocycles. The van der Waals surface area contributed by atoms with Crippen LogP contribution in [0.25, 0.3) is 0 Å². The normalized spacial score (nSPS) is 10.5. The lowest BCUT2D eigenvalue weighted by atomic mass is 10.0. The molecule has 2 heterocycles. The predicted molar refractivity (Wildman–Crippen MR) is 130 cm³/mol. The first-order chi connectivity index (χ1) is 16.5. The van der Waals surface area contributed by atoms with E-state index in [4.69, 9.17) is 14.6 Å². The maximum atomic E-state index is 11.9. The zero-order valence-corrected chi connectivity index (χ0v) is 18.5. The lowest BCUT2D eigenvalue weighted by Crippen LogP contribution is -2.15. The van der Waals surface area contributed by atoms with E-state index in [9.17, 15) is 9.90 Å². The maximum absolute atomic E-state index is 11.9. The highest BCUT2D eigenvalue weighted by atomic mass is 16.5. The highest BCUT2D eigenvalue weighted by molar-refractivity contribution is 6.09. The van der Waals surface area contributed by atoms with Crippen molar-refractivity contribution in [2.24, 2.45) is 0 Å². The molecule has 2 aromatic heterocycles. The van der Waals surface area contributed by atoms with Crippen LogP contribution < -0.4 is 15.4 Å². The maximum Gasteiger partial charge on any atom is 0.336 e. The molecule has 4 rings (SSSR count). The van der Waals surface area contributed by atoms with Gasteiger partial charge in [0.2, 0.25) is 0 Å². The summed E-state index contributed by atoms with van der Waals surface area (Å²) in [7, 11) is 0. The summed E-state index contributed by atoms with van der Waals surface area (Å²) in [4.78, 5) is 16.4. The smallest absolute Gasteiger partial charge is 0.336 e. The van der Waals surface area contributed by atoms with Gasteiger partial charge in [0.1, 0.15) is 28.9 Å². The molecule has 0 amide bonds. The molecule has 0 saturated heterocycles. The average molecular weight is 457 g/mol. The number of aromatic carboxylic acids is 1. The van der Waals surface area contributed by atoms with Crippen molar-refractivity contribution in [3.63, 3.8) is 0 Å². The van der Waals surface area contributed by atoms with Crippen LogP contribution >= 0.6 is 0 Å². The van der Waals surface area contributed by atoms with Gasteiger partial charge in [0, 0.05) is 12.3 Å². The van der Waals surface area contributed by atoms with Crippen molar-refractivity contribution < 1.29 is 19.1 Å². The Balaban J connectivity index is 1.52. The molecule has 0 aliphatic rings. The monoisotopic (exact) mass is 456 g/mol. The first-order valence-electron chi connectivity index (χ1n) is 10.7. The summed E-state index contributed by atoms with van der Waals surface area (Å²) >= 11 is 0. The van der Waals surface area contributed by atoms with Crippen LogP contribution in [-0.4, -0.2) is 21.8 Å². The SMILES string of the molecule is CC(=N)c1c(C(=O)O)cc(NCc2ccco2)nc1NCc1ccc(Oc2ccccc2)cc1. The van der Waals surface area contributed by atoms with Crippen molar-refractivity contribution in [3.05, 3.63) is 102 Å². The number of pyridine rings is 1. The molecular weight excluding hydrogens is 432 g/mol. The number of nitrogens with one attached hydrogen (secondary N) is 3. The number of aromatic nitrogens is 1. The quantitative estimate of drug-likeness (QED) is 0.223. The Morgan fingerprint density at radius 1 is 1.00 bits per heavy atom. The Bertz CT molecular complexity index is 1270. The molecule has 4 N–H and O–H groups in total.